The highest BCUT2D eigenvalue weighted by Gasteiger charge is 2.50. The lowest BCUT2D eigenvalue weighted by Gasteiger charge is -2.27. The fraction of sp³-hybridized carbons (Fsp3) is 0.385. The van der Waals surface area contributed by atoms with Crippen LogP contribution in [0.15, 0.2) is 30.3 Å². The van der Waals surface area contributed by atoms with Crippen molar-refractivity contribution in [3.8, 4) is 0 Å². The van der Waals surface area contributed by atoms with E-state index in [1.165, 1.54) is 0 Å². The molecule has 1 aliphatic heterocycles. The van der Waals surface area contributed by atoms with Crippen molar-refractivity contribution in [1.82, 2.24) is 5.32 Å². The van der Waals surface area contributed by atoms with E-state index in [2.05, 4.69) is 5.32 Å². The van der Waals surface area contributed by atoms with Crippen molar-refractivity contribution in [2.45, 2.75) is 25.5 Å². The van der Waals surface area contributed by atoms with Gasteiger partial charge in [0.15, 0.2) is 11.6 Å². The summed E-state index contributed by atoms with van der Waals surface area (Å²) in [6.45, 7) is 3.93. The average Bonchev–Trinajstić information content (AvgIpc) is 2.68. The van der Waals surface area contributed by atoms with Gasteiger partial charge in [0.2, 0.25) is 0 Å². The summed E-state index contributed by atoms with van der Waals surface area (Å²) in [6.07, 6.45) is 0. The lowest BCUT2D eigenvalue weighted by atomic mass is 9.89. The van der Waals surface area contributed by atoms with E-state index >= 15 is 0 Å². The second-order valence-electron chi connectivity index (χ2n) is 4.19. The first kappa shape index (κ1) is 12.8. The number of carbonyl (C=O) groups excluding carboxylic acids is 1. The minimum atomic E-state index is -0.829. The van der Waals surface area contributed by atoms with E-state index < -0.39 is 11.6 Å². The molecule has 1 fully saturated rings. The van der Waals surface area contributed by atoms with Crippen LogP contribution in [0, 0.1) is 0 Å². The van der Waals surface area contributed by atoms with E-state index in [1.807, 2.05) is 37.3 Å². The first-order valence-corrected chi connectivity index (χ1v) is 6.20. The monoisotopic (exact) mass is 265 g/mol. The Labute approximate surface area is 111 Å². The molecule has 0 aromatic heterocycles. The number of benzene rings is 1. The van der Waals surface area contributed by atoms with Crippen LogP contribution in [0.5, 0.6) is 0 Å². The quantitative estimate of drug-likeness (QED) is 0.666. The van der Waals surface area contributed by atoms with Crippen LogP contribution in [0.1, 0.15) is 19.4 Å². The van der Waals surface area contributed by atoms with Crippen LogP contribution >= 0.6 is 12.2 Å². The molecule has 2 rings (SSSR count). The third-order valence-corrected chi connectivity index (χ3v) is 3.19. The Morgan fingerprint density at radius 1 is 1.50 bits per heavy atom. The van der Waals surface area contributed by atoms with Crippen molar-refractivity contribution < 1.29 is 14.3 Å². The highest BCUT2D eigenvalue weighted by molar-refractivity contribution is 7.80. The molecule has 1 N–H and O–H groups in total. The van der Waals surface area contributed by atoms with Crippen molar-refractivity contribution in [3.63, 3.8) is 0 Å². The molecule has 5 heteroatoms. The Balaban J connectivity index is 2.34. The molecule has 1 heterocycles. The van der Waals surface area contributed by atoms with Crippen LogP contribution in [0.2, 0.25) is 0 Å². The topological polar surface area (TPSA) is 47.6 Å². The first-order chi connectivity index (χ1) is 8.58. The lowest BCUT2D eigenvalue weighted by molar-refractivity contribution is -0.149. The molecule has 0 saturated carbocycles. The molecule has 1 aromatic carbocycles. The summed E-state index contributed by atoms with van der Waals surface area (Å²) in [5.74, 6) is -0.358. The zero-order chi connectivity index (χ0) is 13.2. The van der Waals surface area contributed by atoms with Gasteiger partial charge in [0.05, 0.1) is 6.61 Å². The maximum Gasteiger partial charge on any atom is 0.333 e. The third-order valence-electron chi connectivity index (χ3n) is 2.99. The van der Waals surface area contributed by atoms with Gasteiger partial charge in [-0.15, -0.1) is 0 Å². The Morgan fingerprint density at radius 3 is 2.78 bits per heavy atom. The van der Waals surface area contributed by atoms with E-state index in [-0.39, 0.29) is 11.1 Å². The number of esters is 1. The molecule has 0 bridgehead atoms. The van der Waals surface area contributed by atoms with Gasteiger partial charge in [0.1, 0.15) is 0 Å². The average molecular weight is 265 g/mol. The van der Waals surface area contributed by atoms with E-state index in [4.69, 9.17) is 21.7 Å². The van der Waals surface area contributed by atoms with Crippen molar-refractivity contribution >= 4 is 23.4 Å². The molecule has 2 atom stereocenters. The summed E-state index contributed by atoms with van der Waals surface area (Å²) in [4.78, 5) is 12.0. The van der Waals surface area contributed by atoms with Gasteiger partial charge in [-0.05, 0) is 31.6 Å². The van der Waals surface area contributed by atoms with E-state index in [0.717, 1.165) is 5.56 Å². The van der Waals surface area contributed by atoms with Crippen molar-refractivity contribution in [3.05, 3.63) is 35.9 Å². The Hall–Kier alpha value is -1.62. The zero-order valence-electron chi connectivity index (χ0n) is 10.3. The third kappa shape index (κ3) is 2.18. The van der Waals surface area contributed by atoms with Crippen LogP contribution in [0.25, 0.3) is 0 Å². The predicted molar refractivity (Wildman–Crippen MR) is 71.0 cm³/mol. The van der Waals surface area contributed by atoms with Crippen molar-refractivity contribution in [2.75, 3.05) is 6.61 Å². The maximum atomic E-state index is 12.0. The van der Waals surface area contributed by atoms with Crippen LogP contribution in [-0.4, -0.2) is 23.8 Å². The minimum Gasteiger partial charge on any atom is -0.464 e. The summed E-state index contributed by atoms with van der Waals surface area (Å²) in [5, 5.41) is 3.08. The molecule has 0 aliphatic carbocycles. The minimum absolute atomic E-state index is 0.222. The molecule has 0 amide bonds. The van der Waals surface area contributed by atoms with Gasteiger partial charge in [0, 0.05) is 0 Å². The van der Waals surface area contributed by atoms with Gasteiger partial charge in [-0.1, -0.05) is 30.3 Å². The lowest BCUT2D eigenvalue weighted by Crippen LogP contribution is -2.46. The van der Waals surface area contributed by atoms with Gasteiger partial charge in [-0.3, -0.25) is 0 Å². The highest BCUT2D eigenvalue weighted by atomic mass is 32.1. The molecule has 1 aliphatic rings. The van der Waals surface area contributed by atoms with Gasteiger partial charge in [-0.25, -0.2) is 4.79 Å². The summed E-state index contributed by atoms with van der Waals surface area (Å²) in [6, 6.07) is 8.89. The highest BCUT2D eigenvalue weighted by Crippen LogP contribution is 2.34. The maximum absolute atomic E-state index is 12.0. The van der Waals surface area contributed by atoms with E-state index in [1.54, 1.807) is 6.92 Å². The molecular formula is C13H15NO3S. The fourth-order valence-electron chi connectivity index (χ4n) is 2.04. The number of hydrogen-bond acceptors (Lipinski definition) is 4. The summed E-state index contributed by atoms with van der Waals surface area (Å²) in [7, 11) is 0. The van der Waals surface area contributed by atoms with E-state index in [0.29, 0.717) is 6.61 Å². The summed E-state index contributed by atoms with van der Waals surface area (Å²) in [5.41, 5.74) is 0.0559. The molecule has 2 unspecified atom stereocenters. The van der Waals surface area contributed by atoms with Crippen LogP contribution < -0.4 is 5.32 Å². The first-order valence-electron chi connectivity index (χ1n) is 5.79. The Kier molecular flexibility index (Phi) is 3.52. The Bertz CT molecular complexity index is 463. The summed E-state index contributed by atoms with van der Waals surface area (Å²) >= 11 is 5.01. The summed E-state index contributed by atoms with van der Waals surface area (Å²) < 4.78 is 10.7. The number of ether oxygens (including phenoxy) is 2. The molecule has 96 valence electrons. The van der Waals surface area contributed by atoms with Crippen molar-refractivity contribution in [2.24, 2.45) is 0 Å². The number of thiocarbonyl (C=S) groups is 1. The molecule has 18 heavy (non-hydrogen) atoms. The van der Waals surface area contributed by atoms with Crippen LogP contribution in [0.4, 0.5) is 0 Å². The van der Waals surface area contributed by atoms with Crippen molar-refractivity contribution in [1.29, 1.82) is 0 Å². The number of carbonyl (C=O) groups is 1. The zero-order valence-corrected chi connectivity index (χ0v) is 11.1. The second-order valence-corrected chi connectivity index (χ2v) is 4.56. The van der Waals surface area contributed by atoms with Gasteiger partial charge in [-0.2, -0.15) is 0 Å². The van der Waals surface area contributed by atoms with Crippen LogP contribution in [0.3, 0.4) is 0 Å². The fourth-order valence-corrected chi connectivity index (χ4v) is 2.33. The molecular weight excluding hydrogens is 250 g/mol. The molecule has 0 spiro atoms. The molecule has 1 aromatic rings. The number of rotatable bonds is 3. The normalized spacial score (nSPS) is 26.3. The second kappa shape index (κ2) is 4.94. The molecule has 4 nitrogen and oxygen atoms in total. The van der Waals surface area contributed by atoms with E-state index in [9.17, 15) is 4.79 Å². The largest absolute Gasteiger partial charge is 0.464 e. The number of hydrogen-bond donors (Lipinski definition) is 1. The van der Waals surface area contributed by atoms with Gasteiger partial charge < -0.3 is 14.8 Å². The SMILES string of the molecule is CCOC(=O)C1NC(=S)OC1(C)c1ccccc1. The smallest absolute Gasteiger partial charge is 0.333 e. The van der Waals surface area contributed by atoms with Gasteiger partial charge >= 0.3 is 5.97 Å². The predicted octanol–water partition coefficient (Wildman–Crippen LogP) is 1.74. The molecule has 1 saturated heterocycles. The van der Waals surface area contributed by atoms with Gasteiger partial charge in [0.25, 0.3) is 5.17 Å². The number of nitrogens with one attached hydrogen (secondary N) is 1. The van der Waals surface area contributed by atoms with Crippen LogP contribution in [-0.2, 0) is 19.9 Å². The Morgan fingerprint density at radius 2 is 2.17 bits per heavy atom. The molecule has 0 radical (unpaired) electrons. The standard InChI is InChI=1S/C13H15NO3S/c1-3-16-11(15)10-13(2,17-12(18)14-10)9-7-5-4-6-8-9/h4-8,10H,3H2,1-2H3,(H,14,18).